The van der Waals surface area contributed by atoms with Crippen molar-refractivity contribution in [1.29, 1.82) is 0 Å². The van der Waals surface area contributed by atoms with Crippen molar-refractivity contribution in [2.75, 3.05) is 26.8 Å². The third-order valence-electron chi connectivity index (χ3n) is 7.72. The van der Waals surface area contributed by atoms with Gasteiger partial charge in [-0.1, -0.05) is 12.1 Å². The summed E-state index contributed by atoms with van der Waals surface area (Å²) < 4.78 is 33.8. The number of rotatable bonds is 3. The molecule has 5 aromatic rings. The molecule has 228 valence electrons. The molecule has 0 fully saturated rings. The van der Waals surface area contributed by atoms with Gasteiger partial charge in [-0.05, 0) is 72.0 Å². The largest absolute Gasteiger partial charge is 0.493 e. The van der Waals surface area contributed by atoms with E-state index in [0.29, 0.717) is 42.4 Å². The van der Waals surface area contributed by atoms with E-state index in [1.165, 1.54) is 35.4 Å². The second-order valence-electron chi connectivity index (χ2n) is 10.5. The Morgan fingerprint density at radius 1 is 1.07 bits per heavy atom. The Morgan fingerprint density at radius 3 is 2.73 bits per heavy atom. The number of H-pyrrole nitrogens is 1. The van der Waals surface area contributed by atoms with Gasteiger partial charge < -0.3 is 24.4 Å². The van der Waals surface area contributed by atoms with Gasteiger partial charge in [-0.25, -0.2) is 4.39 Å². The van der Waals surface area contributed by atoms with Gasteiger partial charge in [0.1, 0.15) is 30.0 Å². The van der Waals surface area contributed by atoms with E-state index in [2.05, 4.69) is 30.7 Å². The van der Waals surface area contributed by atoms with Crippen LogP contribution in [0, 0.1) is 5.82 Å². The minimum Gasteiger partial charge on any atom is -0.493 e. The first kappa shape index (κ1) is 28.0. The van der Waals surface area contributed by atoms with Gasteiger partial charge in [-0.3, -0.25) is 19.3 Å². The second-order valence-corrected chi connectivity index (χ2v) is 10.5. The highest BCUT2D eigenvalue weighted by molar-refractivity contribution is 5.95. The summed E-state index contributed by atoms with van der Waals surface area (Å²) in [7, 11) is 1.55. The SMILES string of the molecule is COc1ccc2cc1OCCCNC(=O)c1cc(ccc1F)Oc1ccc3c(c1)CCN(C(=O)c1nc(-n4cnnc4)n[nH]1)C23. The first-order valence-corrected chi connectivity index (χ1v) is 14.3. The quantitative estimate of drug-likeness (QED) is 0.312. The van der Waals surface area contributed by atoms with Crippen molar-refractivity contribution in [3.05, 3.63) is 101 Å². The molecule has 0 aliphatic carbocycles. The Labute approximate surface area is 256 Å². The predicted molar refractivity (Wildman–Crippen MR) is 156 cm³/mol. The number of fused-ring (bicyclic) bond motifs is 6. The lowest BCUT2D eigenvalue weighted by Crippen LogP contribution is -2.41. The van der Waals surface area contributed by atoms with Crippen LogP contribution in [0.5, 0.6) is 23.0 Å². The van der Waals surface area contributed by atoms with Crippen LogP contribution >= 0.6 is 0 Å². The summed E-state index contributed by atoms with van der Waals surface area (Å²) in [4.78, 5) is 32.9. The maximum Gasteiger partial charge on any atom is 0.292 e. The number of nitrogens with one attached hydrogen (secondary N) is 2. The number of carbonyl (C=O) groups excluding carboxylic acids is 2. The maximum absolute atomic E-state index is 14.6. The van der Waals surface area contributed by atoms with Crippen molar-refractivity contribution in [3.8, 4) is 28.9 Å². The Bertz CT molecular complexity index is 1890. The minimum absolute atomic E-state index is 0.0701. The molecule has 2 aromatic heterocycles. The second kappa shape index (κ2) is 11.7. The molecule has 1 unspecified atom stereocenters. The number of ether oxygens (including phenoxy) is 3. The zero-order valence-electron chi connectivity index (χ0n) is 24.1. The van der Waals surface area contributed by atoms with Crippen LogP contribution in [-0.2, 0) is 6.42 Å². The number of benzene rings is 3. The monoisotopic (exact) mass is 610 g/mol. The van der Waals surface area contributed by atoms with E-state index < -0.39 is 17.8 Å². The molecule has 3 aromatic carbocycles. The smallest absolute Gasteiger partial charge is 0.292 e. The van der Waals surface area contributed by atoms with Crippen LogP contribution in [0.4, 0.5) is 4.39 Å². The number of nitrogens with zero attached hydrogens (tertiary/aromatic N) is 6. The van der Waals surface area contributed by atoms with Crippen molar-refractivity contribution >= 4 is 11.8 Å². The molecule has 3 aliphatic rings. The highest BCUT2D eigenvalue weighted by atomic mass is 19.1. The number of aromatic nitrogens is 6. The Kier molecular flexibility index (Phi) is 7.29. The molecule has 3 aliphatic heterocycles. The third-order valence-corrected chi connectivity index (χ3v) is 7.72. The Hall–Kier alpha value is -5.79. The van der Waals surface area contributed by atoms with Crippen molar-refractivity contribution in [2.24, 2.45) is 0 Å². The normalized spacial score (nSPS) is 16.2. The number of hydrogen-bond acceptors (Lipinski definition) is 9. The summed E-state index contributed by atoms with van der Waals surface area (Å²) in [6, 6.07) is 14.7. The Balaban J connectivity index is 1.31. The lowest BCUT2D eigenvalue weighted by atomic mass is 9.87. The molecule has 2 amide bonds. The summed E-state index contributed by atoms with van der Waals surface area (Å²) in [6.07, 6.45) is 3.87. The third kappa shape index (κ3) is 5.41. The highest BCUT2D eigenvalue weighted by Gasteiger charge is 2.35. The van der Waals surface area contributed by atoms with Gasteiger partial charge in [0.2, 0.25) is 5.82 Å². The lowest BCUT2D eigenvalue weighted by molar-refractivity contribution is 0.0681. The van der Waals surface area contributed by atoms with Crippen LogP contribution in [0.15, 0.2) is 67.3 Å². The molecule has 8 rings (SSSR count). The molecule has 2 N–H and O–H groups in total. The number of methoxy groups -OCH3 is 1. The molecule has 0 radical (unpaired) electrons. The van der Waals surface area contributed by atoms with E-state index in [-0.39, 0.29) is 36.4 Å². The minimum atomic E-state index is -0.648. The number of aromatic amines is 1. The molecule has 0 spiro atoms. The van der Waals surface area contributed by atoms with Crippen LogP contribution < -0.4 is 19.5 Å². The van der Waals surface area contributed by atoms with Crippen molar-refractivity contribution in [3.63, 3.8) is 0 Å². The summed E-state index contributed by atoms with van der Waals surface area (Å²) in [5.74, 6) is 0.616. The molecule has 0 saturated heterocycles. The van der Waals surface area contributed by atoms with Crippen LogP contribution in [0.2, 0.25) is 0 Å². The van der Waals surface area contributed by atoms with E-state index in [0.717, 1.165) is 16.7 Å². The van der Waals surface area contributed by atoms with Gasteiger partial charge in [0.25, 0.3) is 17.8 Å². The molecule has 13 nitrogen and oxygen atoms in total. The van der Waals surface area contributed by atoms with Gasteiger partial charge in [-0.2, -0.15) is 4.98 Å². The average Bonchev–Trinajstić information content (AvgIpc) is 3.77. The van der Waals surface area contributed by atoms with Gasteiger partial charge >= 0.3 is 0 Å². The number of amides is 2. The van der Waals surface area contributed by atoms with Gasteiger partial charge in [0.15, 0.2) is 11.5 Å². The highest BCUT2D eigenvalue weighted by Crippen LogP contribution is 2.41. The maximum atomic E-state index is 14.6. The van der Waals surface area contributed by atoms with Crippen LogP contribution in [0.1, 0.15) is 50.1 Å². The molecule has 8 bridgehead atoms. The predicted octanol–water partition coefficient (Wildman–Crippen LogP) is 3.63. The topological polar surface area (TPSA) is 149 Å². The van der Waals surface area contributed by atoms with Crippen LogP contribution in [0.3, 0.4) is 0 Å². The van der Waals surface area contributed by atoms with E-state index in [1.807, 2.05) is 24.3 Å². The molecule has 14 heteroatoms. The van der Waals surface area contributed by atoms with Crippen LogP contribution in [0.25, 0.3) is 5.95 Å². The van der Waals surface area contributed by atoms with Gasteiger partial charge in [-0.15, -0.1) is 15.3 Å². The lowest BCUT2D eigenvalue weighted by Gasteiger charge is -2.37. The molecule has 1 atom stereocenters. The first-order chi connectivity index (χ1) is 22.0. The fourth-order valence-corrected chi connectivity index (χ4v) is 5.55. The number of carbonyl (C=O) groups is 2. The van der Waals surface area contributed by atoms with E-state index in [1.54, 1.807) is 24.1 Å². The number of halogens is 1. The van der Waals surface area contributed by atoms with Crippen molar-refractivity contribution in [2.45, 2.75) is 18.9 Å². The summed E-state index contributed by atoms with van der Waals surface area (Å²) in [5.41, 5.74) is 2.53. The zero-order valence-corrected chi connectivity index (χ0v) is 24.1. The van der Waals surface area contributed by atoms with Gasteiger partial charge in [0.05, 0.1) is 25.3 Å². The standard InChI is InChI=1S/C31H27FN8O5/c1-43-25-8-3-19-14-26(25)44-12-2-10-33-29(41)23-15-21(5-7-24(23)32)45-20-4-6-22-18(13-20)9-11-40(27(19)22)30(42)28-36-31(38-37-28)39-16-34-35-17-39/h3-8,13-17,27H,2,9-12H2,1H3,(H,33,41)(H,36,37,38). The zero-order chi connectivity index (χ0) is 30.9. The molecular formula is C31H27FN8O5. The van der Waals surface area contributed by atoms with Crippen LogP contribution in [-0.4, -0.2) is 73.5 Å². The molecular weight excluding hydrogens is 583 g/mol. The molecule has 0 saturated carbocycles. The van der Waals surface area contributed by atoms with E-state index >= 15 is 0 Å². The average molecular weight is 611 g/mol. The number of hydrogen-bond donors (Lipinski definition) is 2. The fourth-order valence-electron chi connectivity index (χ4n) is 5.55. The van der Waals surface area contributed by atoms with E-state index in [4.69, 9.17) is 14.2 Å². The summed E-state index contributed by atoms with van der Waals surface area (Å²) in [6.45, 7) is 0.878. The first-order valence-electron chi connectivity index (χ1n) is 14.3. The Morgan fingerprint density at radius 2 is 1.89 bits per heavy atom. The van der Waals surface area contributed by atoms with E-state index in [9.17, 15) is 14.0 Å². The summed E-state index contributed by atoms with van der Waals surface area (Å²) in [5, 5.41) is 17.2. The molecule has 45 heavy (non-hydrogen) atoms. The molecule has 5 heterocycles. The van der Waals surface area contributed by atoms with Crippen molar-refractivity contribution < 1.29 is 28.2 Å². The summed E-state index contributed by atoms with van der Waals surface area (Å²) >= 11 is 0. The van der Waals surface area contributed by atoms with Crippen molar-refractivity contribution in [1.82, 2.24) is 40.2 Å². The fraction of sp³-hybridized carbons (Fsp3) is 0.226. The van der Waals surface area contributed by atoms with Gasteiger partial charge in [0, 0.05) is 13.1 Å².